The lowest BCUT2D eigenvalue weighted by molar-refractivity contribution is -0.302. The average molecular weight is 1040 g/mol. The van der Waals surface area contributed by atoms with Crippen molar-refractivity contribution in [3.05, 3.63) is 0 Å². The van der Waals surface area contributed by atoms with Crippen LogP contribution in [-0.4, -0.2) is 156 Å². The van der Waals surface area contributed by atoms with E-state index in [0.717, 1.165) is 0 Å². The fourth-order valence-corrected chi connectivity index (χ4v) is 5.44. The molecule has 1 aliphatic rings. The lowest BCUT2D eigenvalue weighted by Crippen LogP contribution is -2.65. The fraction of sp³-hybridized carbons (Fsp3) is 0.783. The highest BCUT2D eigenvalue weighted by Crippen LogP contribution is 2.31. The van der Waals surface area contributed by atoms with Gasteiger partial charge in [-0.05, 0) is 138 Å². The first-order valence-corrected chi connectivity index (χ1v) is 23.1. The van der Waals surface area contributed by atoms with E-state index in [1.165, 1.54) is 34.6 Å². The van der Waals surface area contributed by atoms with Crippen LogP contribution < -0.4 is 26.6 Å². The van der Waals surface area contributed by atoms with Crippen molar-refractivity contribution in [2.45, 2.75) is 227 Å². The molecule has 0 bridgehead atoms. The van der Waals surface area contributed by atoms with Crippen molar-refractivity contribution in [3.8, 4) is 0 Å². The van der Waals surface area contributed by atoms with Gasteiger partial charge in [0.15, 0.2) is 12.2 Å². The Morgan fingerprint density at radius 3 is 0.875 bits per heavy atom. The van der Waals surface area contributed by atoms with Gasteiger partial charge in [-0.25, -0.2) is 47.9 Å². The molecule has 5 N–H and O–H groups in total. The summed E-state index contributed by atoms with van der Waals surface area (Å²) in [4.78, 5) is 133. The van der Waals surface area contributed by atoms with Gasteiger partial charge in [-0.15, -0.1) is 0 Å². The maximum absolute atomic E-state index is 14.1. The second-order valence-electron chi connectivity index (χ2n) is 21.7. The molecule has 0 spiro atoms. The molecule has 5 amide bonds. The first kappa shape index (κ1) is 63.7. The molecule has 0 saturated carbocycles. The van der Waals surface area contributed by atoms with Crippen molar-refractivity contribution in [2.24, 2.45) is 0 Å². The highest BCUT2D eigenvalue weighted by atomic mass is 16.8. The van der Waals surface area contributed by atoms with E-state index in [2.05, 4.69) is 26.6 Å². The normalized spacial score (nSPS) is 20.4. The summed E-state index contributed by atoms with van der Waals surface area (Å²) < 4.78 is 61.0. The van der Waals surface area contributed by atoms with Gasteiger partial charge in [-0.2, -0.15) is 0 Å². The molecule has 1 rings (SSSR count). The molecule has 0 aromatic heterocycles. The van der Waals surface area contributed by atoms with Crippen LogP contribution in [0.2, 0.25) is 0 Å². The number of ether oxygens (including phenoxy) is 11. The number of carbonyl (C=O) groups is 10. The molecule has 0 radical (unpaired) electrons. The van der Waals surface area contributed by atoms with Gasteiger partial charge in [0.25, 0.3) is 0 Å². The third-order valence-electron chi connectivity index (χ3n) is 8.40. The van der Waals surface area contributed by atoms with Crippen molar-refractivity contribution >= 4 is 60.3 Å². The average Bonchev–Trinajstić information content (AvgIpc) is 3.14. The largest absolute Gasteiger partial charge is 0.461 e. The lowest BCUT2D eigenvalue weighted by Gasteiger charge is -2.44. The van der Waals surface area contributed by atoms with Gasteiger partial charge in [0, 0.05) is 0 Å². The second-order valence-corrected chi connectivity index (χ2v) is 21.7. The maximum Gasteiger partial charge on any atom is 0.408 e. The molecule has 5 unspecified atom stereocenters. The number of esters is 5. The lowest BCUT2D eigenvalue weighted by atomic mass is 9.97. The molecule has 412 valence electrons. The minimum atomic E-state index is -2.24. The van der Waals surface area contributed by atoms with Crippen LogP contribution in [0.3, 0.4) is 0 Å². The summed E-state index contributed by atoms with van der Waals surface area (Å²) in [5.74, 6) is -6.31. The van der Waals surface area contributed by atoms with Gasteiger partial charge in [0.2, 0.25) is 12.4 Å². The van der Waals surface area contributed by atoms with Gasteiger partial charge in [0.05, 0.1) is 0 Å². The second kappa shape index (κ2) is 25.9. The summed E-state index contributed by atoms with van der Waals surface area (Å²) in [5.41, 5.74) is -5.03. The third kappa shape index (κ3) is 25.2. The molecule has 0 aromatic carbocycles. The SMILES string of the molecule is C[C@@H](NC(=O)OC(C)(C)C)C(=O)OCC1OC(OC(=O)[C@@H](C)NC(=O)OC(C)(C)C)C(OC(=O)[C@@H](C)NC(=O)OC(C)(C)C)C(OC(=O)[C@@H](C)NC(=O)OC(C)(C)C)C1OC(=O)[C@@H](C)NC(=O)OC(C)(C)C. The highest BCUT2D eigenvalue weighted by molar-refractivity contribution is 5.84. The summed E-state index contributed by atoms with van der Waals surface area (Å²) in [6, 6.07) is -7.68. The summed E-state index contributed by atoms with van der Waals surface area (Å²) in [6.07, 6.45) is -15.8. The smallest absolute Gasteiger partial charge is 0.408 e. The Morgan fingerprint density at radius 2 is 0.597 bits per heavy atom. The van der Waals surface area contributed by atoms with E-state index in [4.69, 9.17) is 52.1 Å². The van der Waals surface area contributed by atoms with Gasteiger partial charge in [0.1, 0.15) is 70.9 Å². The molecule has 1 aliphatic heterocycles. The Balaban J connectivity index is 4.13. The molecule has 26 heteroatoms. The number of rotatable bonds is 16. The first-order chi connectivity index (χ1) is 32.5. The van der Waals surface area contributed by atoms with Crippen LogP contribution in [0, 0.1) is 0 Å². The quantitative estimate of drug-likeness (QED) is 0.107. The Hall–Kier alpha value is -6.34. The summed E-state index contributed by atoms with van der Waals surface area (Å²) in [7, 11) is 0. The van der Waals surface area contributed by atoms with E-state index in [0.29, 0.717) is 0 Å². The Bertz CT molecular complexity index is 1940. The van der Waals surface area contributed by atoms with Crippen LogP contribution in [-0.2, 0) is 76.1 Å². The Morgan fingerprint density at radius 1 is 0.361 bits per heavy atom. The van der Waals surface area contributed by atoms with Crippen LogP contribution in [0.5, 0.6) is 0 Å². The number of nitrogens with one attached hydrogen (secondary N) is 5. The van der Waals surface area contributed by atoms with E-state index >= 15 is 0 Å². The molecular formula is C46H77N5O21. The van der Waals surface area contributed by atoms with E-state index < -0.39 is 156 Å². The number of alkyl carbamates (subject to hydrolysis) is 5. The summed E-state index contributed by atoms with van der Waals surface area (Å²) in [5, 5.41) is 11.4. The molecular weight excluding hydrogens is 959 g/mol. The van der Waals surface area contributed by atoms with Crippen LogP contribution in [0.15, 0.2) is 0 Å². The van der Waals surface area contributed by atoms with Crippen molar-refractivity contribution in [3.63, 3.8) is 0 Å². The predicted molar refractivity (Wildman–Crippen MR) is 250 cm³/mol. The van der Waals surface area contributed by atoms with E-state index in [1.807, 2.05) is 0 Å². The van der Waals surface area contributed by atoms with Crippen molar-refractivity contribution < 1.29 is 100 Å². The van der Waals surface area contributed by atoms with E-state index in [1.54, 1.807) is 104 Å². The fourth-order valence-electron chi connectivity index (χ4n) is 5.44. The number of hydrogen-bond acceptors (Lipinski definition) is 21. The molecule has 10 atom stereocenters. The summed E-state index contributed by atoms with van der Waals surface area (Å²) in [6.45, 7) is 28.4. The zero-order valence-electron chi connectivity index (χ0n) is 45.1. The molecule has 1 fully saturated rings. The van der Waals surface area contributed by atoms with Crippen molar-refractivity contribution in [1.29, 1.82) is 0 Å². The van der Waals surface area contributed by atoms with Gasteiger partial charge >= 0.3 is 60.3 Å². The van der Waals surface area contributed by atoms with Crippen LogP contribution in [0.25, 0.3) is 0 Å². The molecule has 72 heavy (non-hydrogen) atoms. The Kier molecular flexibility index (Phi) is 22.9. The maximum atomic E-state index is 14.1. The topological polar surface area (TPSA) is 332 Å². The number of amides is 5. The zero-order chi connectivity index (χ0) is 56.1. The van der Waals surface area contributed by atoms with Crippen molar-refractivity contribution in [1.82, 2.24) is 26.6 Å². The third-order valence-corrected chi connectivity index (χ3v) is 8.40. The van der Waals surface area contributed by atoms with Crippen LogP contribution >= 0.6 is 0 Å². The zero-order valence-corrected chi connectivity index (χ0v) is 45.1. The first-order valence-electron chi connectivity index (χ1n) is 23.1. The van der Waals surface area contributed by atoms with Crippen LogP contribution in [0.4, 0.5) is 24.0 Å². The van der Waals surface area contributed by atoms with Crippen LogP contribution in [0.1, 0.15) is 138 Å². The van der Waals surface area contributed by atoms with E-state index in [-0.39, 0.29) is 0 Å². The number of carbonyl (C=O) groups excluding carboxylic acids is 10. The monoisotopic (exact) mass is 1040 g/mol. The highest BCUT2D eigenvalue weighted by Gasteiger charge is 2.55. The standard InChI is InChI=1S/C46H77N5O21/c1-22(47-37(57)68-42(6,7)8)31(52)62-21-27-28(64-32(53)23(2)48-38(58)69-43(9,10)11)29(65-33(54)24(3)49-39(59)70-44(12,13)14)30(66-34(55)25(4)50-40(60)71-45(15,16)17)36(63-27)67-35(56)26(5)51-41(61)72-46(18,19)20/h22-30,36H,21H2,1-20H3,(H,47,57)(H,48,58)(H,49,59)(H,50,60)(H,51,61)/t22-,23-,24-,25-,26-,27?,28?,29?,30?,36?/m1/s1. The number of hydrogen-bond donors (Lipinski definition) is 5. The van der Waals surface area contributed by atoms with E-state index in [9.17, 15) is 47.9 Å². The Labute approximate surface area is 420 Å². The predicted octanol–water partition coefficient (Wildman–Crippen LogP) is 4.10. The molecule has 0 aromatic rings. The minimum Gasteiger partial charge on any atom is -0.461 e. The summed E-state index contributed by atoms with van der Waals surface area (Å²) >= 11 is 0. The van der Waals surface area contributed by atoms with Gasteiger partial charge in [-0.3, -0.25) is 0 Å². The molecule has 26 nitrogen and oxygen atoms in total. The molecule has 1 heterocycles. The van der Waals surface area contributed by atoms with Gasteiger partial charge < -0.3 is 78.7 Å². The molecule has 1 saturated heterocycles. The van der Waals surface area contributed by atoms with Crippen molar-refractivity contribution in [2.75, 3.05) is 6.61 Å². The minimum absolute atomic E-state index is 0.960. The van der Waals surface area contributed by atoms with Gasteiger partial charge in [-0.1, -0.05) is 0 Å². The molecule has 0 aliphatic carbocycles.